The molecule has 4 rings (SSSR count). The Bertz CT molecular complexity index is 813. The molecule has 0 unspecified atom stereocenters. The highest BCUT2D eigenvalue weighted by Crippen LogP contribution is 2.27. The highest BCUT2D eigenvalue weighted by molar-refractivity contribution is 14.0. The van der Waals surface area contributed by atoms with Crippen LogP contribution in [0.2, 0.25) is 0 Å². The number of fused-ring (bicyclic) bond motifs is 1. The second-order valence-corrected chi connectivity index (χ2v) is 8.71. The lowest BCUT2D eigenvalue weighted by molar-refractivity contribution is 0.176. The van der Waals surface area contributed by atoms with E-state index in [1.807, 2.05) is 7.05 Å². The molecule has 1 N–H and O–H groups in total. The Labute approximate surface area is 195 Å². The summed E-state index contributed by atoms with van der Waals surface area (Å²) in [6, 6.07) is 8.67. The van der Waals surface area contributed by atoms with Crippen LogP contribution in [0, 0.1) is 5.92 Å². The molecule has 0 atom stereocenters. The topological polar surface area (TPSA) is 43.8 Å². The minimum Gasteiger partial charge on any atom is -0.356 e. The summed E-state index contributed by atoms with van der Waals surface area (Å²) in [7, 11) is 1.89. The van der Waals surface area contributed by atoms with Crippen LogP contribution in [0.3, 0.4) is 0 Å². The lowest BCUT2D eigenvalue weighted by Gasteiger charge is -2.32. The molecule has 1 fully saturated rings. The number of hydrogen-bond acceptors (Lipinski definition) is 4. The van der Waals surface area contributed by atoms with Gasteiger partial charge in [0, 0.05) is 37.7 Å². The minimum atomic E-state index is 0. The first-order chi connectivity index (χ1) is 13.8. The Balaban J connectivity index is 0.00000240. The fourth-order valence-corrected chi connectivity index (χ4v) is 4.99. The molecular weight excluding hydrogens is 493 g/mol. The summed E-state index contributed by atoms with van der Waals surface area (Å²) in [6.07, 6.45) is 4.63. The predicted octanol–water partition coefficient (Wildman–Crippen LogP) is 4.17. The lowest BCUT2D eigenvalue weighted by Crippen LogP contribution is -2.44. The summed E-state index contributed by atoms with van der Waals surface area (Å²) in [4.78, 5) is 14.2. The van der Waals surface area contributed by atoms with E-state index in [0.29, 0.717) is 5.92 Å². The van der Waals surface area contributed by atoms with Crippen LogP contribution in [0.5, 0.6) is 0 Å². The first-order valence-electron chi connectivity index (χ1n) is 10.5. The molecule has 1 saturated heterocycles. The summed E-state index contributed by atoms with van der Waals surface area (Å²) in [5.41, 5.74) is 3.97. The van der Waals surface area contributed by atoms with Crippen molar-refractivity contribution in [3.8, 4) is 0 Å². The number of aliphatic imine (C=N–C) groups is 1. The van der Waals surface area contributed by atoms with Gasteiger partial charge in [0.25, 0.3) is 0 Å². The number of aryl methyl sites for hydroxylation is 1. The van der Waals surface area contributed by atoms with E-state index in [4.69, 9.17) is 4.98 Å². The number of nitrogens with zero attached hydrogens (tertiary/aromatic N) is 4. The van der Waals surface area contributed by atoms with Gasteiger partial charge in [-0.1, -0.05) is 25.1 Å². The Morgan fingerprint density at radius 1 is 1.24 bits per heavy atom. The molecule has 2 aromatic rings. The molecule has 0 radical (unpaired) electrons. The molecule has 0 aliphatic carbocycles. The van der Waals surface area contributed by atoms with E-state index in [0.717, 1.165) is 51.5 Å². The average Bonchev–Trinajstić information content (AvgIpc) is 3.37. The van der Waals surface area contributed by atoms with E-state index in [9.17, 15) is 0 Å². The van der Waals surface area contributed by atoms with Crippen LogP contribution >= 0.6 is 35.3 Å². The molecule has 2 aliphatic heterocycles. The number of piperidine rings is 1. The Morgan fingerprint density at radius 2 is 2.03 bits per heavy atom. The van der Waals surface area contributed by atoms with Crippen LogP contribution in [0.1, 0.15) is 36.0 Å². The van der Waals surface area contributed by atoms with Crippen molar-refractivity contribution in [3.05, 3.63) is 45.9 Å². The Morgan fingerprint density at radius 3 is 2.76 bits per heavy atom. The van der Waals surface area contributed by atoms with Gasteiger partial charge in [-0.3, -0.25) is 9.89 Å². The van der Waals surface area contributed by atoms with Gasteiger partial charge in [0.2, 0.25) is 0 Å². The number of benzene rings is 1. The molecule has 0 bridgehead atoms. The van der Waals surface area contributed by atoms with Crippen molar-refractivity contribution in [1.82, 2.24) is 15.2 Å². The highest BCUT2D eigenvalue weighted by Gasteiger charge is 2.24. The third kappa shape index (κ3) is 5.49. The van der Waals surface area contributed by atoms with Crippen LogP contribution < -0.4 is 10.2 Å². The molecule has 0 amide bonds. The Hall–Kier alpha value is -1.19. The quantitative estimate of drug-likeness (QED) is 0.362. The van der Waals surface area contributed by atoms with Crippen LogP contribution in [-0.2, 0) is 19.4 Å². The average molecular weight is 526 g/mol. The summed E-state index contributed by atoms with van der Waals surface area (Å²) in [5.74, 6) is 1.73. The number of hydrogen-bond donors (Lipinski definition) is 1. The van der Waals surface area contributed by atoms with Crippen molar-refractivity contribution in [3.63, 3.8) is 0 Å². The number of anilines is 1. The minimum absolute atomic E-state index is 0. The molecular formula is C22H32IN5S. The summed E-state index contributed by atoms with van der Waals surface area (Å²) < 4.78 is 0. The second kappa shape index (κ2) is 10.7. The SMILES string of the molecule is CCc1nc(CN2CCC(CNC(=NC)N3CCc4ccccc43)CC2)cs1.I. The van der Waals surface area contributed by atoms with Gasteiger partial charge in [0.1, 0.15) is 0 Å². The van der Waals surface area contributed by atoms with E-state index in [2.05, 4.69) is 56.7 Å². The molecule has 0 saturated carbocycles. The number of para-hydroxylation sites is 1. The molecule has 29 heavy (non-hydrogen) atoms. The maximum atomic E-state index is 4.72. The first-order valence-corrected chi connectivity index (χ1v) is 11.4. The first kappa shape index (κ1) is 22.5. The van der Waals surface area contributed by atoms with Crippen LogP contribution in [0.25, 0.3) is 0 Å². The number of thiazole rings is 1. The van der Waals surface area contributed by atoms with Crippen molar-refractivity contribution in [2.75, 3.05) is 38.1 Å². The van der Waals surface area contributed by atoms with Crippen molar-refractivity contribution in [1.29, 1.82) is 0 Å². The van der Waals surface area contributed by atoms with Gasteiger partial charge in [-0.15, -0.1) is 35.3 Å². The lowest BCUT2D eigenvalue weighted by atomic mass is 9.97. The number of guanidine groups is 1. The molecule has 158 valence electrons. The van der Waals surface area contributed by atoms with E-state index in [1.165, 1.54) is 34.8 Å². The zero-order valence-corrected chi connectivity index (χ0v) is 20.6. The van der Waals surface area contributed by atoms with E-state index in [1.54, 1.807) is 11.3 Å². The van der Waals surface area contributed by atoms with Crippen LogP contribution in [0.15, 0.2) is 34.6 Å². The van der Waals surface area contributed by atoms with Gasteiger partial charge in [0.15, 0.2) is 5.96 Å². The summed E-state index contributed by atoms with van der Waals surface area (Å²) in [5, 5.41) is 7.12. The Kier molecular flexibility index (Phi) is 8.32. The van der Waals surface area contributed by atoms with Crippen molar-refractivity contribution in [2.45, 2.75) is 39.2 Å². The monoisotopic (exact) mass is 525 g/mol. The van der Waals surface area contributed by atoms with Gasteiger partial charge in [-0.25, -0.2) is 4.98 Å². The van der Waals surface area contributed by atoms with E-state index in [-0.39, 0.29) is 24.0 Å². The van der Waals surface area contributed by atoms with Crippen LogP contribution in [-0.4, -0.2) is 49.1 Å². The molecule has 2 aliphatic rings. The summed E-state index contributed by atoms with van der Waals surface area (Å²) in [6.45, 7) is 7.53. The molecule has 1 aromatic carbocycles. The fourth-order valence-electron chi connectivity index (χ4n) is 4.25. The highest BCUT2D eigenvalue weighted by atomic mass is 127. The molecule has 5 nitrogen and oxygen atoms in total. The zero-order valence-electron chi connectivity index (χ0n) is 17.4. The third-order valence-electron chi connectivity index (χ3n) is 5.90. The van der Waals surface area contributed by atoms with Gasteiger partial charge >= 0.3 is 0 Å². The summed E-state index contributed by atoms with van der Waals surface area (Å²) >= 11 is 1.79. The smallest absolute Gasteiger partial charge is 0.198 e. The third-order valence-corrected chi connectivity index (χ3v) is 6.94. The number of rotatable bonds is 5. The standard InChI is InChI=1S/C22H31N5S.HI/c1-3-21-25-19(16-28-21)15-26-11-8-17(9-12-26)14-24-22(23-2)27-13-10-18-6-4-5-7-20(18)27;/h4-7,16-17H,3,8-15H2,1-2H3,(H,23,24);1H. The number of halogens is 1. The normalized spacial score (nSPS) is 17.9. The van der Waals surface area contributed by atoms with Gasteiger partial charge in [-0.05, 0) is 56.3 Å². The van der Waals surface area contributed by atoms with Gasteiger partial charge in [-0.2, -0.15) is 0 Å². The maximum absolute atomic E-state index is 4.72. The van der Waals surface area contributed by atoms with Crippen molar-refractivity contribution >= 4 is 47.0 Å². The molecule has 7 heteroatoms. The second-order valence-electron chi connectivity index (χ2n) is 7.76. The zero-order chi connectivity index (χ0) is 19.3. The van der Waals surface area contributed by atoms with Crippen LogP contribution in [0.4, 0.5) is 5.69 Å². The molecule has 0 spiro atoms. The maximum Gasteiger partial charge on any atom is 0.198 e. The largest absolute Gasteiger partial charge is 0.356 e. The van der Waals surface area contributed by atoms with Gasteiger partial charge < -0.3 is 10.2 Å². The van der Waals surface area contributed by atoms with E-state index >= 15 is 0 Å². The van der Waals surface area contributed by atoms with Crippen molar-refractivity contribution in [2.24, 2.45) is 10.9 Å². The fraction of sp³-hybridized carbons (Fsp3) is 0.545. The number of nitrogens with one attached hydrogen (secondary N) is 1. The number of likely N-dealkylation sites (tertiary alicyclic amines) is 1. The van der Waals surface area contributed by atoms with Gasteiger partial charge in [0.05, 0.1) is 10.7 Å². The number of aromatic nitrogens is 1. The van der Waals surface area contributed by atoms with E-state index < -0.39 is 0 Å². The molecule has 1 aromatic heterocycles. The van der Waals surface area contributed by atoms with Crippen molar-refractivity contribution < 1.29 is 0 Å². The molecule has 3 heterocycles. The predicted molar refractivity (Wildman–Crippen MR) is 134 cm³/mol.